The molecule has 0 aromatic carbocycles. The van der Waals surface area contributed by atoms with E-state index in [1.165, 1.54) is 135 Å². The summed E-state index contributed by atoms with van der Waals surface area (Å²) in [6, 6.07) is 0. The third kappa shape index (κ3) is 40.1. The molecule has 0 unspecified atom stereocenters. The third-order valence-electron chi connectivity index (χ3n) is 7.42. The van der Waals surface area contributed by atoms with Crippen molar-refractivity contribution in [2.75, 3.05) is 39.5 Å². The Kier molecular flexibility index (Phi) is 37.1. The molecule has 0 spiro atoms. The Labute approximate surface area is 249 Å². The lowest BCUT2D eigenvalue weighted by molar-refractivity contribution is 0.159. The second kappa shape index (κ2) is 35.2. The molecule has 40 heavy (non-hydrogen) atoms. The SMILES string of the molecule is CCCCCCCCCCCCCCCCOP(=O)(O)O.CCCCCCCCCCCCN(CCO)CCO. The normalized spacial score (nSPS) is 11.7. The van der Waals surface area contributed by atoms with Crippen LogP contribution in [0.2, 0.25) is 0 Å². The summed E-state index contributed by atoms with van der Waals surface area (Å²) >= 11 is 0. The van der Waals surface area contributed by atoms with Crippen molar-refractivity contribution in [3.63, 3.8) is 0 Å². The number of aliphatic hydroxyl groups is 2. The van der Waals surface area contributed by atoms with Gasteiger partial charge in [0.2, 0.25) is 0 Å². The average molecular weight is 596 g/mol. The van der Waals surface area contributed by atoms with Gasteiger partial charge in [0.25, 0.3) is 0 Å². The molecule has 0 amide bonds. The molecule has 244 valence electrons. The van der Waals surface area contributed by atoms with Crippen molar-refractivity contribution in [3.05, 3.63) is 0 Å². The lowest BCUT2D eigenvalue weighted by atomic mass is 10.0. The molecule has 0 aliphatic carbocycles. The largest absolute Gasteiger partial charge is 0.469 e. The Morgan fingerprint density at radius 2 is 0.775 bits per heavy atom. The van der Waals surface area contributed by atoms with Crippen molar-refractivity contribution in [1.29, 1.82) is 0 Å². The number of hydrogen-bond donors (Lipinski definition) is 4. The van der Waals surface area contributed by atoms with Crippen LogP contribution in [0.3, 0.4) is 0 Å². The molecule has 4 N–H and O–H groups in total. The predicted molar refractivity (Wildman–Crippen MR) is 171 cm³/mol. The maximum absolute atomic E-state index is 10.4. The van der Waals surface area contributed by atoms with E-state index in [2.05, 4.69) is 23.3 Å². The minimum Gasteiger partial charge on any atom is -0.395 e. The summed E-state index contributed by atoms with van der Waals surface area (Å²) in [5.41, 5.74) is 0. The first-order valence-corrected chi connectivity index (χ1v) is 18.6. The molecule has 0 aromatic rings. The number of nitrogens with zero attached hydrogens (tertiary/aromatic N) is 1. The zero-order chi connectivity index (χ0) is 30.0. The topological polar surface area (TPSA) is 110 Å². The van der Waals surface area contributed by atoms with Crippen LogP contribution in [0.25, 0.3) is 0 Å². The van der Waals surface area contributed by atoms with Gasteiger partial charge in [0.05, 0.1) is 19.8 Å². The summed E-state index contributed by atoms with van der Waals surface area (Å²) in [6.07, 6.45) is 31.3. The van der Waals surface area contributed by atoms with Gasteiger partial charge in [-0.1, -0.05) is 155 Å². The van der Waals surface area contributed by atoms with Gasteiger partial charge >= 0.3 is 7.82 Å². The highest BCUT2D eigenvalue weighted by Crippen LogP contribution is 2.35. The summed E-state index contributed by atoms with van der Waals surface area (Å²) in [7, 11) is -4.25. The van der Waals surface area contributed by atoms with Crippen LogP contribution >= 0.6 is 7.82 Å². The second-order valence-electron chi connectivity index (χ2n) is 11.4. The van der Waals surface area contributed by atoms with Crippen molar-refractivity contribution in [1.82, 2.24) is 4.90 Å². The maximum Gasteiger partial charge on any atom is 0.469 e. The van der Waals surface area contributed by atoms with Gasteiger partial charge in [-0.25, -0.2) is 4.57 Å². The standard InChI is InChI=1S/C16H35NO2.C16H35O4P/c1-2-3-4-5-6-7-8-9-10-11-12-17(13-15-18)14-16-19;1-2-3-4-5-6-7-8-9-10-11-12-13-14-15-16-20-21(17,18)19/h18-19H,2-16H2,1H3;2-16H2,1H3,(H2,17,18,19). The van der Waals surface area contributed by atoms with Gasteiger partial charge < -0.3 is 20.0 Å². The molecular weight excluding hydrogens is 525 g/mol. The van der Waals surface area contributed by atoms with Crippen LogP contribution in [0.1, 0.15) is 168 Å². The molecule has 8 heteroatoms. The fourth-order valence-corrected chi connectivity index (χ4v) is 5.29. The number of phosphoric ester groups is 1. The fourth-order valence-electron chi connectivity index (χ4n) is 4.92. The second-order valence-corrected chi connectivity index (χ2v) is 12.6. The van der Waals surface area contributed by atoms with E-state index in [1.807, 2.05) is 0 Å². The molecule has 0 rings (SSSR count). The van der Waals surface area contributed by atoms with E-state index < -0.39 is 7.82 Å². The van der Waals surface area contributed by atoms with Crippen LogP contribution in [-0.4, -0.2) is 64.4 Å². The smallest absolute Gasteiger partial charge is 0.395 e. The molecule has 0 aromatic heterocycles. The lowest BCUT2D eigenvalue weighted by Crippen LogP contribution is -2.30. The van der Waals surface area contributed by atoms with E-state index in [1.54, 1.807) is 0 Å². The monoisotopic (exact) mass is 595 g/mol. The molecule has 0 bridgehead atoms. The van der Waals surface area contributed by atoms with Gasteiger partial charge in [0, 0.05) is 13.1 Å². The molecule has 0 aliphatic rings. The van der Waals surface area contributed by atoms with E-state index in [4.69, 9.17) is 20.0 Å². The first-order valence-electron chi connectivity index (χ1n) is 17.0. The van der Waals surface area contributed by atoms with E-state index >= 15 is 0 Å². The molecule has 7 nitrogen and oxygen atoms in total. The Morgan fingerprint density at radius 1 is 0.475 bits per heavy atom. The number of hydrogen-bond acceptors (Lipinski definition) is 5. The average Bonchev–Trinajstić information content (AvgIpc) is 2.92. The zero-order valence-electron chi connectivity index (χ0n) is 26.7. The third-order valence-corrected chi connectivity index (χ3v) is 7.94. The molecule has 0 atom stereocenters. The van der Waals surface area contributed by atoms with Gasteiger partial charge in [-0.2, -0.15) is 0 Å². The fraction of sp³-hybridized carbons (Fsp3) is 1.00. The summed E-state index contributed by atoms with van der Waals surface area (Å²) in [4.78, 5) is 19.2. The van der Waals surface area contributed by atoms with E-state index in [0.717, 1.165) is 25.8 Å². The predicted octanol–water partition coefficient (Wildman–Crippen LogP) is 8.77. The highest BCUT2D eigenvalue weighted by molar-refractivity contribution is 7.46. The van der Waals surface area contributed by atoms with Gasteiger partial charge in [-0.05, 0) is 19.4 Å². The Morgan fingerprint density at radius 3 is 1.07 bits per heavy atom. The Balaban J connectivity index is 0. The van der Waals surface area contributed by atoms with Crippen LogP contribution < -0.4 is 0 Å². The van der Waals surface area contributed by atoms with Crippen LogP contribution in [0.5, 0.6) is 0 Å². The highest BCUT2D eigenvalue weighted by Gasteiger charge is 2.12. The Bertz CT molecular complexity index is 500. The van der Waals surface area contributed by atoms with Crippen molar-refractivity contribution >= 4 is 7.82 Å². The molecule has 0 radical (unpaired) electrons. The first kappa shape index (κ1) is 42.1. The van der Waals surface area contributed by atoms with E-state index in [0.29, 0.717) is 13.1 Å². The first-order chi connectivity index (χ1) is 19.4. The molecule has 0 saturated heterocycles. The van der Waals surface area contributed by atoms with Crippen LogP contribution in [0.15, 0.2) is 0 Å². The highest BCUT2D eigenvalue weighted by atomic mass is 31.2. The minimum atomic E-state index is -4.25. The van der Waals surface area contributed by atoms with Crippen molar-refractivity contribution in [3.8, 4) is 0 Å². The number of unbranched alkanes of at least 4 members (excludes halogenated alkanes) is 22. The van der Waals surface area contributed by atoms with Crippen LogP contribution in [0.4, 0.5) is 0 Å². The van der Waals surface area contributed by atoms with Crippen molar-refractivity contribution in [2.45, 2.75) is 168 Å². The van der Waals surface area contributed by atoms with E-state index in [-0.39, 0.29) is 19.8 Å². The van der Waals surface area contributed by atoms with Gasteiger partial charge in [-0.15, -0.1) is 0 Å². The minimum absolute atomic E-state index is 0.169. The van der Waals surface area contributed by atoms with Gasteiger partial charge in [0.1, 0.15) is 0 Å². The lowest BCUT2D eigenvalue weighted by Gasteiger charge is -2.19. The number of phosphoric acid groups is 1. The summed E-state index contributed by atoms with van der Waals surface area (Å²) in [5, 5.41) is 17.8. The molecule has 0 saturated carbocycles. The van der Waals surface area contributed by atoms with Crippen molar-refractivity contribution in [2.24, 2.45) is 0 Å². The molecular formula is C32H70NO6P. The number of aliphatic hydroxyl groups excluding tert-OH is 2. The van der Waals surface area contributed by atoms with Gasteiger partial charge in [0.15, 0.2) is 0 Å². The van der Waals surface area contributed by atoms with Crippen LogP contribution in [0, 0.1) is 0 Å². The summed E-state index contributed by atoms with van der Waals surface area (Å²) < 4.78 is 14.8. The molecule has 0 fully saturated rings. The summed E-state index contributed by atoms with van der Waals surface area (Å²) in [6.45, 7) is 7.47. The molecule has 0 heterocycles. The van der Waals surface area contributed by atoms with Crippen LogP contribution in [-0.2, 0) is 9.09 Å². The zero-order valence-corrected chi connectivity index (χ0v) is 27.6. The maximum atomic E-state index is 10.4. The van der Waals surface area contributed by atoms with E-state index in [9.17, 15) is 4.57 Å². The van der Waals surface area contributed by atoms with Gasteiger partial charge in [-0.3, -0.25) is 9.42 Å². The number of rotatable bonds is 31. The Hall–Kier alpha value is -0.0100. The quantitative estimate of drug-likeness (QED) is 0.0468. The van der Waals surface area contributed by atoms with Crippen molar-refractivity contribution < 1.29 is 29.1 Å². The summed E-state index contributed by atoms with van der Waals surface area (Å²) in [5.74, 6) is 0. The molecule has 0 aliphatic heterocycles.